The van der Waals surface area contributed by atoms with Gasteiger partial charge in [0.25, 0.3) is 0 Å². The number of nitrogens with one attached hydrogen (secondary N) is 1. The molecule has 1 aliphatic heterocycles. The van der Waals surface area contributed by atoms with Gasteiger partial charge in [-0.25, -0.2) is 0 Å². The van der Waals surface area contributed by atoms with Crippen molar-refractivity contribution in [2.45, 2.75) is 11.8 Å². The summed E-state index contributed by atoms with van der Waals surface area (Å²) in [4.78, 5) is 17.4. The van der Waals surface area contributed by atoms with E-state index < -0.39 is 5.92 Å². The third kappa shape index (κ3) is 3.60. The number of amides is 1. The minimum absolute atomic E-state index is 0.145. The van der Waals surface area contributed by atoms with E-state index in [1.54, 1.807) is 18.4 Å². The summed E-state index contributed by atoms with van der Waals surface area (Å²) in [6, 6.07) is 5.93. The number of aliphatic imine (C=N–C) groups is 1. The lowest BCUT2D eigenvalue weighted by Crippen LogP contribution is -2.40. The van der Waals surface area contributed by atoms with Gasteiger partial charge in [0.2, 0.25) is 5.91 Å². The maximum atomic E-state index is 12.0. The first-order valence-corrected chi connectivity index (χ1v) is 7.95. The Labute approximate surface area is 126 Å². The van der Waals surface area contributed by atoms with E-state index in [1.807, 2.05) is 23.6 Å². The van der Waals surface area contributed by atoms with E-state index in [1.165, 1.54) is 11.8 Å². The molecule has 5 nitrogen and oxygen atoms in total. The molecule has 0 spiro atoms. The van der Waals surface area contributed by atoms with Crippen molar-refractivity contribution in [3.8, 4) is 6.07 Å². The Morgan fingerprint density at radius 1 is 1.60 bits per heavy atom. The quantitative estimate of drug-likeness (QED) is 0.846. The predicted octanol–water partition coefficient (Wildman–Crippen LogP) is 2.18. The summed E-state index contributed by atoms with van der Waals surface area (Å²) in [5.74, 6) is -1.06. The zero-order valence-corrected chi connectivity index (χ0v) is 12.7. The lowest BCUT2D eigenvalue weighted by Gasteiger charge is -2.26. The van der Waals surface area contributed by atoms with Crippen molar-refractivity contribution in [3.63, 3.8) is 0 Å². The second kappa shape index (κ2) is 7.43. The van der Waals surface area contributed by atoms with E-state index in [9.17, 15) is 4.79 Å². The normalized spacial score (nSPS) is 24.4. The van der Waals surface area contributed by atoms with E-state index in [2.05, 4.69) is 10.3 Å². The molecule has 1 aromatic rings. The fourth-order valence-corrected chi connectivity index (χ4v) is 3.79. The lowest BCUT2D eigenvalue weighted by atomic mass is 10.1. The number of hydrogen-bond donors (Lipinski definition) is 1. The molecule has 0 bridgehead atoms. The van der Waals surface area contributed by atoms with Crippen LogP contribution in [0, 0.1) is 17.2 Å². The van der Waals surface area contributed by atoms with Gasteiger partial charge in [-0.05, 0) is 17.9 Å². The van der Waals surface area contributed by atoms with E-state index in [-0.39, 0.29) is 11.3 Å². The van der Waals surface area contributed by atoms with Gasteiger partial charge in [-0.15, -0.1) is 11.3 Å². The molecule has 106 valence electrons. The average molecular weight is 309 g/mol. The van der Waals surface area contributed by atoms with E-state index in [4.69, 9.17) is 10.00 Å². The van der Waals surface area contributed by atoms with Crippen LogP contribution in [-0.2, 0) is 9.53 Å². The Morgan fingerprint density at radius 2 is 2.45 bits per heavy atom. The number of carbonyl (C=O) groups is 1. The summed E-state index contributed by atoms with van der Waals surface area (Å²) in [7, 11) is 1.64. The number of carbonyl (C=O) groups excluding carboxylic acids is 1. The molecule has 1 saturated heterocycles. The fraction of sp³-hybridized carbons (Fsp3) is 0.462. The van der Waals surface area contributed by atoms with E-state index in [0.29, 0.717) is 18.2 Å². The lowest BCUT2D eigenvalue weighted by molar-refractivity contribution is -0.122. The number of ether oxygens (including phenoxy) is 1. The van der Waals surface area contributed by atoms with Crippen molar-refractivity contribution in [1.82, 2.24) is 5.32 Å². The van der Waals surface area contributed by atoms with Crippen LogP contribution in [0.1, 0.15) is 16.7 Å². The van der Waals surface area contributed by atoms with Crippen LogP contribution in [-0.4, -0.2) is 31.2 Å². The highest BCUT2D eigenvalue weighted by Gasteiger charge is 2.35. The van der Waals surface area contributed by atoms with Crippen LogP contribution in [0.25, 0.3) is 0 Å². The van der Waals surface area contributed by atoms with Gasteiger partial charge in [-0.3, -0.25) is 9.79 Å². The molecule has 1 fully saturated rings. The molecule has 0 radical (unpaired) electrons. The smallest absolute Gasteiger partial charge is 0.245 e. The summed E-state index contributed by atoms with van der Waals surface area (Å²) < 4.78 is 4.97. The number of methoxy groups -OCH3 is 1. The van der Waals surface area contributed by atoms with Gasteiger partial charge in [-0.1, -0.05) is 17.8 Å². The molecular weight excluding hydrogens is 294 g/mol. The number of rotatable bonds is 5. The molecule has 20 heavy (non-hydrogen) atoms. The molecule has 2 atom stereocenters. The topological polar surface area (TPSA) is 74.5 Å². The molecule has 1 amide bonds. The van der Waals surface area contributed by atoms with Gasteiger partial charge < -0.3 is 10.1 Å². The molecule has 2 rings (SSSR count). The van der Waals surface area contributed by atoms with Gasteiger partial charge in [0.15, 0.2) is 5.92 Å². The van der Waals surface area contributed by atoms with Crippen molar-refractivity contribution in [1.29, 1.82) is 5.26 Å². The summed E-state index contributed by atoms with van der Waals surface area (Å²) >= 11 is 3.03. The van der Waals surface area contributed by atoms with Crippen molar-refractivity contribution in [3.05, 3.63) is 22.4 Å². The minimum Gasteiger partial charge on any atom is -0.385 e. The Hall–Kier alpha value is -1.36. The summed E-state index contributed by atoms with van der Waals surface area (Å²) in [6.07, 6.45) is 0.782. The first kappa shape index (κ1) is 15.0. The molecule has 1 aromatic heterocycles. The van der Waals surface area contributed by atoms with Crippen LogP contribution in [0.3, 0.4) is 0 Å². The van der Waals surface area contributed by atoms with Gasteiger partial charge in [-0.2, -0.15) is 5.26 Å². The monoisotopic (exact) mass is 309 g/mol. The van der Waals surface area contributed by atoms with Crippen molar-refractivity contribution >= 4 is 34.0 Å². The second-order valence-corrected chi connectivity index (χ2v) is 6.25. The Bertz CT molecular complexity index is 522. The SMILES string of the molecule is COCCCN=C1S[C@@H](c2cccs2)NC(=O)C1C#N. The third-order valence-corrected chi connectivity index (χ3v) is 5.03. The predicted molar refractivity (Wildman–Crippen MR) is 80.7 cm³/mol. The molecule has 7 heteroatoms. The average Bonchev–Trinajstić information content (AvgIpc) is 2.97. The Morgan fingerprint density at radius 3 is 3.10 bits per heavy atom. The molecule has 0 aliphatic carbocycles. The molecule has 1 aliphatic rings. The van der Waals surface area contributed by atoms with Crippen molar-refractivity contribution in [2.75, 3.05) is 20.3 Å². The summed E-state index contributed by atoms with van der Waals surface area (Å²) in [5.41, 5.74) is 0. The second-order valence-electron chi connectivity index (χ2n) is 4.15. The molecule has 2 heterocycles. The Kier molecular flexibility index (Phi) is 5.59. The number of thioether (sulfide) groups is 1. The van der Waals surface area contributed by atoms with Crippen LogP contribution < -0.4 is 5.32 Å². The van der Waals surface area contributed by atoms with E-state index >= 15 is 0 Å². The zero-order valence-electron chi connectivity index (χ0n) is 11.0. The molecule has 0 aromatic carbocycles. The van der Waals surface area contributed by atoms with E-state index in [0.717, 1.165) is 11.3 Å². The van der Waals surface area contributed by atoms with Crippen LogP contribution in [0.15, 0.2) is 22.5 Å². The number of thiophene rings is 1. The van der Waals surface area contributed by atoms with Gasteiger partial charge >= 0.3 is 0 Å². The summed E-state index contributed by atoms with van der Waals surface area (Å²) in [5, 5.41) is 14.4. The van der Waals surface area contributed by atoms with Gasteiger partial charge in [0, 0.05) is 25.1 Å². The van der Waals surface area contributed by atoms with Crippen molar-refractivity contribution in [2.24, 2.45) is 10.9 Å². The number of nitrogens with zero attached hydrogens (tertiary/aromatic N) is 2. The summed E-state index contributed by atoms with van der Waals surface area (Å²) in [6.45, 7) is 1.19. The number of hydrogen-bond acceptors (Lipinski definition) is 6. The largest absolute Gasteiger partial charge is 0.385 e. The number of nitriles is 1. The van der Waals surface area contributed by atoms with Crippen LogP contribution in [0.2, 0.25) is 0 Å². The van der Waals surface area contributed by atoms with Crippen LogP contribution in [0.5, 0.6) is 0 Å². The molecule has 1 N–H and O–H groups in total. The van der Waals surface area contributed by atoms with Crippen LogP contribution in [0.4, 0.5) is 0 Å². The van der Waals surface area contributed by atoms with Gasteiger partial charge in [0.1, 0.15) is 5.37 Å². The molecular formula is C13H15N3O2S2. The molecule has 0 saturated carbocycles. The highest BCUT2D eigenvalue weighted by atomic mass is 32.2. The first-order chi connectivity index (χ1) is 9.76. The standard InChI is InChI=1S/C13H15N3O2S2/c1-18-6-3-5-15-12-9(8-14)11(17)16-13(20-12)10-4-2-7-19-10/h2,4,7,9,13H,3,5-6H2,1H3,(H,16,17)/t9?,13-/m0/s1. The highest BCUT2D eigenvalue weighted by molar-refractivity contribution is 8.14. The highest BCUT2D eigenvalue weighted by Crippen LogP contribution is 2.36. The zero-order chi connectivity index (χ0) is 14.4. The first-order valence-electron chi connectivity index (χ1n) is 6.19. The third-order valence-electron chi connectivity index (χ3n) is 2.73. The van der Waals surface area contributed by atoms with Crippen molar-refractivity contribution < 1.29 is 9.53 Å². The van der Waals surface area contributed by atoms with Crippen LogP contribution >= 0.6 is 23.1 Å². The minimum atomic E-state index is -0.793. The Balaban J connectivity index is 2.09. The van der Waals surface area contributed by atoms with Gasteiger partial charge in [0.05, 0.1) is 11.1 Å². The molecule has 1 unspecified atom stereocenters. The maximum absolute atomic E-state index is 12.0. The fourth-order valence-electron chi connectivity index (χ4n) is 1.75. The maximum Gasteiger partial charge on any atom is 0.245 e.